The maximum absolute atomic E-state index is 12.8. The van der Waals surface area contributed by atoms with Crippen molar-refractivity contribution in [2.24, 2.45) is 0 Å². The predicted octanol–water partition coefficient (Wildman–Crippen LogP) is 4.56. The molecule has 29 heavy (non-hydrogen) atoms. The van der Waals surface area contributed by atoms with Gasteiger partial charge in [-0.1, -0.05) is 48.2 Å². The molecule has 142 valence electrons. The number of amides is 1. The Morgan fingerprint density at radius 2 is 1.72 bits per heavy atom. The van der Waals surface area contributed by atoms with Gasteiger partial charge in [-0.25, -0.2) is 4.98 Å². The maximum atomic E-state index is 12.8. The largest absolute Gasteiger partial charge is 0.352 e. The average molecular weight is 398 g/mol. The summed E-state index contributed by atoms with van der Waals surface area (Å²) in [6, 6.07) is 24.9. The first-order chi connectivity index (χ1) is 14.2. The molecule has 4 aromatic rings. The Morgan fingerprint density at radius 3 is 2.55 bits per heavy atom. The van der Waals surface area contributed by atoms with Gasteiger partial charge >= 0.3 is 0 Å². The Labute approximate surface area is 172 Å². The first-order valence-electron chi connectivity index (χ1n) is 9.22. The van der Waals surface area contributed by atoms with Gasteiger partial charge in [-0.3, -0.25) is 4.79 Å². The highest BCUT2D eigenvalue weighted by Crippen LogP contribution is 2.32. The number of H-pyrrole nitrogens is 1. The summed E-state index contributed by atoms with van der Waals surface area (Å²) in [4.78, 5) is 22.2. The third-order valence-electron chi connectivity index (χ3n) is 4.44. The highest BCUT2D eigenvalue weighted by atomic mass is 32.2. The van der Waals surface area contributed by atoms with E-state index >= 15 is 0 Å². The molecule has 4 rings (SSSR count). The van der Waals surface area contributed by atoms with Gasteiger partial charge in [-0.05, 0) is 36.4 Å². The highest BCUT2D eigenvalue weighted by Gasteiger charge is 2.13. The van der Waals surface area contributed by atoms with Crippen molar-refractivity contribution in [1.29, 1.82) is 5.26 Å². The number of fused-ring (bicyclic) bond motifs is 1. The molecule has 0 aliphatic rings. The van der Waals surface area contributed by atoms with Crippen LogP contribution in [0.4, 0.5) is 0 Å². The van der Waals surface area contributed by atoms with Crippen molar-refractivity contribution in [1.82, 2.24) is 15.3 Å². The number of imidazole rings is 1. The van der Waals surface area contributed by atoms with Gasteiger partial charge < -0.3 is 10.3 Å². The maximum Gasteiger partial charge on any atom is 0.252 e. The zero-order chi connectivity index (χ0) is 20.1. The number of aromatic amines is 1. The van der Waals surface area contributed by atoms with Crippen LogP contribution in [-0.2, 0) is 6.42 Å². The van der Waals surface area contributed by atoms with Crippen LogP contribution < -0.4 is 5.32 Å². The van der Waals surface area contributed by atoms with Gasteiger partial charge in [0, 0.05) is 22.8 Å². The van der Waals surface area contributed by atoms with E-state index in [0.717, 1.165) is 26.6 Å². The molecular formula is C23H18N4OS. The summed E-state index contributed by atoms with van der Waals surface area (Å²) in [5.74, 6) is 0.704. The minimum atomic E-state index is -0.140. The molecule has 0 aliphatic carbocycles. The zero-order valence-electron chi connectivity index (χ0n) is 15.6. The lowest BCUT2D eigenvalue weighted by molar-refractivity contribution is 0.0951. The van der Waals surface area contributed by atoms with Gasteiger partial charge in [0.2, 0.25) is 0 Å². The second-order valence-corrected chi connectivity index (χ2v) is 7.50. The third kappa shape index (κ3) is 4.31. The highest BCUT2D eigenvalue weighted by molar-refractivity contribution is 7.99. The number of nitrogens with one attached hydrogen (secondary N) is 2. The number of para-hydroxylation sites is 2. The van der Waals surface area contributed by atoms with E-state index in [-0.39, 0.29) is 5.91 Å². The van der Waals surface area contributed by atoms with E-state index in [1.807, 2.05) is 60.7 Å². The van der Waals surface area contributed by atoms with Crippen LogP contribution in [0.5, 0.6) is 0 Å². The third-order valence-corrected chi connectivity index (χ3v) is 5.60. The van der Waals surface area contributed by atoms with Gasteiger partial charge in [-0.15, -0.1) is 0 Å². The molecule has 3 aromatic carbocycles. The predicted molar refractivity (Wildman–Crippen MR) is 114 cm³/mol. The summed E-state index contributed by atoms with van der Waals surface area (Å²) in [6.45, 7) is 0.479. The molecule has 1 aromatic heterocycles. The van der Waals surface area contributed by atoms with E-state index < -0.39 is 0 Å². The zero-order valence-corrected chi connectivity index (χ0v) is 16.4. The van der Waals surface area contributed by atoms with E-state index in [0.29, 0.717) is 24.1 Å². The summed E-state index contributed by atoms with van der Waals surface area (Å²) in [6.07, 6.45) is 0.618. The average Bonchev–Trinajstić information content (AvgIpc) is 3.17. The quantitative estimate of drug-likeness (QED) is 0.499. The first-order valence-corrected chi connectivity index (χ1v) is 10.0. The molecule has 0 aliphatic heterocycles. The lowest BCUT2D eigenvalue weighted by atomic mass is 10.2. The number of hydrogen-bond donors (Lipinski definition) is 2. The van der Waals surface area contributed by atoms with Crippen molar-refractivity contribution in [2.75, 3.05) is 6.54 Å². The van der Waals surface area contributed by atoms with Crippen molar-refractivity contribution in [3.8, 4) is 6.07 Å². The summed E-state index contributed by atoms with van der Waals surface area (Å²) >= 11 is 1.42. The summed E-state index contributed by atoms with van der Waals surface area (Å²) in [5, 5.41) is 12.3. The van der Waals surface area contributed by atoms with Gasteiger partial charge in [0.15, 0.2) is 0 Å². The molecule has 0 bridgehead atoms. The fourth-order valence-corrected chi connectivity index (χ4v) is 4.05. The SMILES string of the molecule is N#Cc1ccccc1Sc1ccccc1C(=O)NCCc1nc2ccccc2[nH]1. The minimum Gasteiger partial charge on any atom is -0.352 e. The molecule has 5 nitrogen and oxygen atoms in total. The number of hydrogen-bond acceptors (Lipinski definition) is 4. The van der Waals surface area contributed by atoms with E-state index in [9.17, 15) is 10.1 Å². The molecule has 1 amide bonds. The van der Waals surface area contributed by atoms with Crippen LogP contribution in [0.15, 0.2) is 82.6 Å². The van der Waals surface area contributed by atoms with Crippen LogP contribution in [0.2, 0.25) is 0 Å². The number of nitriles is 1. The summed E-state index contributed by atoms with van der Waals surface area (Å²) < 4.78 is 0. The first kappa shape index (κ1) is 18.8. The molecule has 0 radical (unpaired) electrons. The molecule has 0 saturated heterocycles. The molecule has 2 N–H and O–H groups in total. The lowest BCUT2D eigenvalue weighted by Gasteiger charge is -2.10. The summed E-state index contributed by atoms with van der Waals surface area (Å²) in [5.41, 5.74) is 3.10. The molecule has 0 unspecified atom stereocenters. The van der Waals surface area contributed by atoms with Crippen LogP contribution in [0.3, 0.4) is 0 Å². The number of carbonyl (C=O) groups is 1. The van der Waals surface area contributed by atoms with Crippen molar-refractivity contribution < 1.29 is 4.79 Å². The van der Waals surface area contributed by atoms with Crippen molar-refractivity contribution in [3.05, 3.63) is 89.7 Å². The normalized spacial score (nSPS) is 10.6. The Kier molecular flexibility index (Phi) is 5.59. The van der Waals surface area contributed by atoms with Crippen molar-refractivity contribution in [3.63, 3.8) is 0 Å². The van der Waals surface area contributed by atoms with Crippen LogP contribution in [0.1, 0.15) is 21.7 Å². The van der Waals surface area contributed by atoms with Crippen LogP contribution in [0, 0.1) is 11.3 Å². The Hall–Kier alpha value is -3.56. The number of benzene rings is 3. The Bertz CT molecular complexity index is 1180. The fraction of sp³-hybridized carbons (Fsp3) is 0.0870. The van der Waals surface area contributed by atoms with Crippen LogP contribution in [0.25, 0.3) is 11.0 Å². The van der Waals surface area contributed by atoms with Crippen molar-refractivity contribution in [2.45, 2.75) is 16.2 Å². The van der Waals surface area contributed by atoms with Gasteiger partial charge in [0.25, 0.3) is 5.91 Å². The van der Waals surface area contributed by atoms with Gasteiger partial charge in [-0.2, -0.15) is 5.26 Å². The molecule has 0 fully saturated rings. The number of rotatable bonds is 6. The smallest absolute Gasteiger partial charge is 0.252 e. The molecule has 1 heterocycles. The molecule has 0 saturated carbocycles. The second kappa shape index (κ2) is 8.63. The number of nitrogens with zero attached hydrogens (tertiary/aromatic N) is 2. The standard InChI is InChI=1S/C23H18N4OS/c24-15-16-7-1-5-11-20(16)29-21-12-6-2-8-17(21)23(28)25-14-13-22-26-18-9-3-4-10-19(18)27-22/h1-12H,13-14H2,(H,25,28)(H,26,27). The molecule has 6 heteroatoms. The lowest BCUT2D eigenvalue weighted by Crippen LogP contribution is -2.26. The Morgan fingerprint density at radius 1 is 1.00 bits per heavy atom. The summed E-state index contributed by atoms with van der Waals surface area (Å²) in [7, 11) is 0. The number of aromatic nitrogens is 2. The number of carbonyl (C=O) groups excluding carboxylic acids is 1. The fourth-order valence-electron chi connectivity index (χ4n) is 3.02. The second-order valence-electron chi connectivity index (χ2n) is 6.41. The van der Waals surface area contributed by atoms with E-state index in [1.165, 1.54) is 11.8 Å². The molecule has 0 spiro atoms. The Balaban J connectivity index is 1.44. The van der Waals surface area contributed by atoms with E-state index in [1.54, 1.807) is 12.1 Å². The van der Waals surface area contributed by atoms with Gasteiger partial charge in [0.1, 0.15) is 11.9 Å². The molecule has 0 atom stereocenters. The monoisotopic (exact) mass is 398 g/mol. The van der Waals surface area contributed by atoms with Gasteiger partial charge in [0.05, 0.1) is 22.2 Å². The van der Waals surface area contributed by atoms with E-state index in [4.69, 9.17) is 0 Å². The van der Waals surface area contributed by atoms with Crippen LogP contribution >= 0.6 is 11.8 Å². The molecular weight excluding hydrogens is 380 g/mol. The minimum absolute atomic E-state index is 0.140. The topological polar surface area (TPSA) is 81.6 Å². The van der Waals surface area contributed by atoms with E-state index in [2.05, 4.69) is 21.4 Å². The van der Waals surface area contributed by atoms with Crippen molar-refractivity contribution >= 4 is 28.7 Å². The van der Waals surface area contributed by atoms with Crippen LogP contribution in [-0.4, -0.2) is 22.4 Å².